The minimum atomic E-state index is -0.757. The lowest BCUT2D eigenvalue weighted by Gasteiger charge is -2.29. The Labute approximate surface area is 223 Å². The third-order valence-corrected chi connectivity index (χ3v) is 6.66. The van der Waals surface area contributed by atoms with Gasteiger partial charge in [-0.25, -0.2) is 4.98 Å². The van der Waals surface area contributed by atoms with Crippen molar-refractivity contribution in [2.45, 2.75) is 46.1 Å². The first-order chi connectivity index (χ1) is 18.1. The van der Waals surface area contributed by atoms with Gasteiger partial charge in [0.1, 0.15) is 17.6 Å². The van der Waals surface area contributed by atoms with E-state index in [0.717, 1.165) is 33.8 Å². The number of ether oxygens (including phenoxy) is 4. The van der Waals surface area contributed by atoms with E-state index >= 15 is 0 Å². The predicted molar refractivity (Wildman–Crippen MR) is 143 cm³/mol. The lowest BCUT2D eigenvalue weighted by Crippen LogP contribution is -2.28. The molecule has 0 saturated heterocycles. The molecule has 0 radical (unpaired) electrons. The van der Waals surface area contributed by atoms with Gasteiger partial charge in [-0.05, 0) is 67.3 Å². The molecule has 0 aliphatic rings. The molecule has 3 rings (SSSR count). The highest BCUT2D eigenvalue weighted by Gasteiger charge is 2.30. The van der Waals surface area contributed by atoms with Crippen LogP contribution in [-0.2, 0) is 9.53 Å². The van der Waals surface area contributed by atoms with Crippen LogP contribution in [0.15, 0.2) is 48.7 Å². The topological polar surface area (TPSA) is 104 Å². The number of esters is 1. The third kappa shape index (κ3) is 6.25. The minimum absolute atomic E-state index is 0.139. The summed E-state index contributed by atoms with van der Waals surface area (Å²) in [6, 6.07) is 13.1. The summed E-state index contributed by atoms with van der Waals surface area (Å²) >= 11 is 0. The maximum Gasteiger partial charge on any atom is 0.309 e. The number of ketones is 1. The minimum Gasteiger partial charge on any atom is -0.503 e. The molecule has 8 heteroatoms. The maximum atomic E-state index is 13.1. The highest BCUT2D eigenvalue weighted by Crippen LogP contribution is 2.37. The van der Waals surface area contributed by atoms with Crippen molar-refractivity contribution >= 4 is 11.8 Å². The second kappa shape index (κ2) is 12.4. The van der Waals surface area contributed by atoms with Crippen LogP contribution in [0.1, 0.15) is 58.9 Å². The predicted octanol–water partition coefficient (Wildman–Crippen LogP) is 5.40. The van der Waals surface area contributed by atoms with Crippen molar-refractivity contribution in [3.63, 3.8) is 0 Å². The molecule has 2 aromatic carbocycles. The van der Waals surface area contributed by atoms with Crippen LogP contribution in [0.5, 0.6) is 23.0 Å². The first-order valence-corrected chi connectivity index (χ1v) is 12.4. The molecular formula is C30H35NO7. The van der Waals surface area contributed by atoms with Gasteiger partial charge in [-0.15, -0.1) is 0 Å². The quantitative estimate of drug-likeness (QED) is 0.264. The number of pyridine rings is 1. The number of aromatic hydroxyl groups is 1. The van der Waals surface area contributed by atoms with Gasteiger partial charge in [-0.2, -0.15) is 0 Å². The number of aromatic nitrogens is 1. The first kappa shape index (κ1) is 28.5. The fourth-order valence-electron chi connectivity index (χ4n) is 4.55. The summed E-state index contributed by atoms with van der Waals surface area (Å²) in [5.74, 6) is -0.763. The van der Waals surface area contributed by atoms with Crippen molar-refractivity contribution in [3.8, 4) is 23.0 Å². The van der Waals surface area contributed by atoms with E-state index in [9.17, 15) is 14.7 Å². The van der Waals surface area contributed by atoms with Gasteiger partial charge in [-0.3, -0.25) is 9.59 Å². The molecule has 0 saturated carbocycles. The Hall–Kier alpha value is -4.07. The number of benzene rings is 2. The van der Waals surface area contributed by atoms with E-state index in [1.165, 1.54) is 19.4 Å². The number of carbonyl (C=O) groups excluding carboxylic acids is 2. The van der Waals surface area contributed by atoms with Crippen LogP contribution >= 0.6 is 0 Å². The first-order valence-electron chi connectivity index (χ1n) is 12.4. The normalized spacial score (nSPS) is 12.5. The standard InChI is InChI=1S/C30H35NO7/c1-17-14-21(35-5)8-10-23(17)27(24-11-9-22(36-6)15-18(24)2)20(4)38-30(34)19(3)16-25(32)28-29(33)26(37-7)12-13-31-28/h8-15,19-20,27,33H,16H2,1-7H3/t19-,20+/m1/s1. The van der Waals surface area contributed by atoms with Crippen molar-refractivity contribution in [1.82, 2.24) is 4.98 Å². The molecule has 3 aromatic rings. The van der Waals surface area contributed by atoms with Crippen LogP contribution in [0.4, 0.5) is 0 Å². The second-order valence-electron chi connectivity index (χ2n) is 9.30. The summed E-state index contributed by atoms with van der Waals surface area (Å²) in [5, 5.41) is 10.3. The number of rotatable bonds is 11. The molecular weight excluding hydrogens is 486 g/mol. The summed E-state index contributed by atoms with van der Waals surface area (Å²) in [7, 11) is 4.62. The molecule has 202 valence electrons. The zero-order valence-corrected chi connectivity index (χ0v) is 22.9. The number of nitrogens with zero attached hydrogens (tertiary/aromatic N) is 1. The largest absolute Gasteiger partial charge is 0.503 e. The van der Waals surface area contributed by atoms with Gasteiger partial charge in [0.05, 0.1) is 27.2 Å². The molecule has 0 unspecified atom stereocenters. The van der Waals surface area contributed by atoms with Crippen LogP contribution in [-0.4, -0.2) is 49.3 Å². The Bertz CT molecular complexity index is 1250. The Morgan fingerprint density at radius 1 is 0.868 bits per heavy atom. The van der Waals surface area contributed by atoms with Gasteiger partial charge >= 0.3 is 5.97 Å². The smallest absolute Gasteiger partial charge is 0.309 e. The molecule has 1 N–H and O–H groups in total. The van der Waals surface area contributed by atoms with Crippen LogP contribution in [0.25, 0.3) is 0 Å². The number of carbonyl (C=O) groups is 2. The van der Waals surface area contributed by atoms with Gasteiger partial charge < -0.3 is 24.1 Å². The third-order valence-electron chi connectivity index (χ3n) is 6.66. The van der Waals surface area contributed by atoms with Crippen molar-refractivity contribution in [2.75, 3.05) is 21.3 Å². The van der Waals surface area contributed by atoms with E-state index < -0.39 is 23.8 Å². The van der Waals surface area contributed by atoms with Crippen molar-refractivity contribution in [2.24, 2.45) is 5.92 Å². The zero-order chi connectivity index (χ0) is 28.0. The maximum absolute atomic E-state index is 13.1. The van der Waals surface area contributed by atoms with Gasteiger partial charge in [0.25, 0.3) is 0 Å². The number of Topliss-reactive ketones (excluding diaryl/α,β-unsaturated/α-hetero) is 1. The van der Waals surface area contributed by atoms with Crippen LogP contribution in [0, 0.1) is 19.8 Å². The van der Waals surface area contributed by atoms with Crippen molar-refractivity contribution < 1.29 is 33.6 Å². The summed E-state index contributed by atoms with van der Waals surface area (Å²) < 4.78 is 21.8. The van der Waals surface area contributed by atoms with Gasteiger partial charge in [0.15, 0.2) is 23.0 Å². The van der Waals surface area contributed by atoms with Gasteiger partial charge in [-0.1, -0.05) is 19.1 Å². The van der Waals surface area contributed by atoms with E-state index in [2.05, 4.69) is 4.98 Å². The second-order valence-corrected chi connectivity index (χ2v) is 9.30. The lowest BCUT2D eigenvalue weighted by molar-refractivity contribution is -0.153. The van der Waals surface area contributed by atoms with E-state index in [1.807, 2.05) is 57.2 Å². The van der Waals surface area contributed by atoms with Crippen molar-refractivity contribution in [1.29, 1.82) is 0 Å². The monoisotopic (exact) mass is 521 g/mol. The molecule has 0 fully saturated rings. The van der Waals surface area contributed by atoms with E-state index in [1.54, 1.807) is 21.1 Å². The summed E-state index contributed by atoms with van der Waals surface area (Å²) in [5.41, 5.74) is 3.84. The highest BCUT2D eigenvalue weighted by molar-refractivity contribution is 5.99. The summed E-state index contributed by atoms with van der Waals surface area (Å²) in [6.07, 6.45) is 0.644. The van der Waals surface area contributed by atoms with Crippen molar-refractivity contribution in [3.05, 3.63) is 76.6 Å². The van der Waals surface area contributed by atoms with Gasteiger partial charge in [0, 0.05) is 24.6 Å². The van der Waals surface area contributed by atoms with Crippen LogP contribution in [0.2, 0.25) is 0 Å². The molecule has 0 aliphatic heterocycles. The van der Waals surface area contributed by atoms with E-state index in [4.69, 9.17) is 18.9 Å². The van der Waals surface area contributed by atoms with E-state index in [-0.39, 0.29) is 29.5 Å². The molecule has 0 spiro atoms. The summed E-state index contributed by atoms with van der Waals surface area (Å²) in [4.78, 5) is 29.9. The van der Waals surface area contributed by atoms with Crippen LogP contribution in [0.3, 0.4) is 0 Å². The molecule has 2 atom stereocenters. The average Bonchev–Trinajstić information content (AvgIpc) is 2.90. The molecule has 0 amide bonds. The Balaban J connectivity index is 1.86. The molecule has 38 heavy (non-hydrogen) atoms. The van der Waals surface area contributed by atoms with Crippen LogP contribution < -0.4 is 14.2 Å². The average molecular weight is 522 g/mol. The van der Waals surface area contributed by atoms with Gasteiger partial charge in [0.2, 0.25) is 0 Å². The Morgan fingerprint density at radius 2 is 1.42 bits per heavy atom. The SMILES string of the molecule is COc1ccc(C(c2ccc(OC)cc2C)[C@H](C)OC(=O)[C@H](C)CC(=O)c2nccc(OC)c2O)c(C)c1. The molecule has 8 nitrogen and oxygen atoms in total. The number of hydrogen-bond acceptors (Lipinski definition) is 8. The summed E-state index contributed by atoms with van der Waals surface area (Å²) in [6.45, 7) is 7.46. The number of methoxy groups -OCH3 is 3. The van der Waals surface area contributed by atoms with E-state index in [0.29, 0.717) is 0 Å². The number of aryl methyl sites for hydroxylation is 2. The fraction of sp³-hybridized carbons (Fsp3) is 0.367. The molecule has 1 aromatic heterocycles. The number of hydrogen-bond donors (Lipinski definition) is 1. The zero-order valence-electron chi connectivity index (χ0n) is 22.9. The molecule has 0 bridgehead atoms. The Morgan fingerprint density at radius 3 is 1.89 bits per heavy atom. The molecule has 1 heterocycles. The fourth-order valence-corrected chi connectivity index (χ4v) is 4.55. The molecule has 0 aliphatic carbocycles. The Kier molecular flexibility index (Phi) is 9.34. The lowest BCUT2D eigenvalue weighted by atomic mass is 9.82. The highest BCUT2D eigenvalue weighted by atomic mass is 16.5.